The molecule has 0 aliphatic heterocycles. The lowest BCUT2D eigenvalue weighted by atomic mass is 10.1. The summed E-state index contributed by atoms with van der Waals surface area (Å²) in [6.45, 7) is -0.475. The van der Waals surface area contributed by atoms with Gasteiger partial charge in [0.25, 0.3) is 0 Å². The van der Waals surface area contributed by atoms with Gasteiger partial charge in [0.1, 0.15) is 12.1 Å². The Morgan fingerprint density at radius 1 is 1.00 bits per heavy atom. The summed E-state index contributed by atoms with van der Waals surface area (Å²) in [6, 6.07) is 3.82. The third kappa shape index (κ3) is 7.63. The normalized spacial score (nSPS) is 13.3. The highest BCUT2D eigenvalue weighted by atomic mass is 16.4. The molecule has 1 aromatic carbocycles. The Kier molecular flexibility index (Phi) is 8.94. The fraction of sp³-hybridized carbons (Fsp3) is 0.304. The van der Waals surface area contributed by atoms with Crippen LogP contribution >= 0.6 is 0 Å². The number of rotatable bonds is 13. The SMILES string of the molecule is NC(=O)CC(NC(=O)C(Cc1cnc[nH]1)NC(=O)CNC(=O)C(N)Cc1c[nH]c2ccccc12)C(=O)O. The second-order valence-electron chi connectivity index (χ2n) is 8.36. The summed E-state index contributed by atoms with van der Waals surface area (Å²) in [7, 11) is 0. The zero-order valence-electron chi connectivity index (χ0n) is 19.7. The van der Waals surface area contributed by atoms with Crippen LogP contribution in [0.25, 0.3) is 10.9 Å². The van der Waals surface area contributed by atoms with Crippen molar-refractivity contribution in [3.05, 3.63) is 54.2 Å². The molecule has 0 aliphatic rings. The molecular weight excluding hydrogens is 484 g/mol. The number of benzene rings is 1. The number of nitrogens with one attached hydrogen (secondary N) is 5. The number of aromatic nitrogens is 3. The van der Waals surface area contributed by atoms with Crippen molar-refractivity contribution < 1.29 is 29.1 Å². The number of nitrogens with two attached hydrogens (primary N) is 2. The van der Waals surface area contributed by atoms with E-state index < -0.39 is 60.7 Å². The third-order valence-corrected chi connectivity index (χ3v) is 5.53. The van der Waals surface area contributed by atoms with Crippen molar-refractivity contribution in [2.75, 3.05) is 6.54 Å². The number of H-pyrrole nitrogens is 2. The van der Waals surface area contributed by atoms with Crippen LogP contribution in [-0.4, -0.2) is 74.3 Å². The van der Waals surface area contributed by atoms with Crippen LogP contribution in [0, 0.1) is 0 Å². The monoisotopic (exact) mass is 512 g/mol. The molecule has 37 heavy (non-hydrogen) atoms. The number of hydrogen-bond acceptors (Lipinski definition) is 7. The molecule has 196 valence electrons. The lowest BCUT2D eigenvalue weighted by molar-refractivity contribution is -0.143. The van der Waals surface area contributed by atoms with E-state index in [1.807, 2.05) is 24.3 Å². The zero-order valence-corrected chi connectivity index (χ0v) is 19.7. The maximum absolute atomic E-state index is 12.7. The number of amides is 4. The molecule has 0 aliphatic carbocycles. The van der Waals surface area contributed by atoms with E-state index in [-0.39, 0.29) is 12.8 Å². The first-order chi connectivity index (χ1) is 17.6. The van der Waals surface area contributed by atoms with Gasteiger partial charge in [-0.1, -0.05) is 18.2 Å². The molecule has 0 spiro atoms. The van der Waals surface area contributed by atoms with Crippen LogP contribution in [0.5, 0.6) is 0 Å². The van der Waals surface area contributed by atoms with Crippen LogP contribution in [0.15, 0.2) is 43.0 Å². The predicted molar refractivity (Wildman–Crippen MR) is 131 cm³/mol. The number of hydrogen-bond donors (Lipinski definition) is 8. The fourth-order valence-corrected chi connectivity index (χ4v) is 3.67. The first-order valence-corrected chi connectivity index (χ1v) is 11.3. The van der Waals surface area contributed by atoms with Gasteiger partial charge in [-0.2, -0.15) is 0 Å². The average molecular weight is 513 g/mol. The third-order valence-electron chi connectivity index (χ3n) is 5.53. The molecular formula is C23H28N8O6. The van der Waals surface area contributed by atoms with Gasteiger partial charge in [0.15, 0.2) is 0 Å². The van der Waals surface area contributed by atoms with Gasteiger partial charge in [0.05, 0.1) is 25.3 Å². The lowest BCUT2D eigenvalue weighted by Crippen LogP contribution is -2.55. The van der Waals surface area contributed by atoms with Gasteiger partial charge < -0.3 is 42.5 Å². The molecule has 0 saturated heterocycles. The number of nitrogens with zero attached hydrogens (tertiary/aromatic N) is 1. The van der Waals surface area contributed by atoms with Crippen LogP contribution in [0.1, 0.15) is 17.7 Å². The second-order valence-corrected chi connectivity index (χ2v) is 8.36. The van der Waals surface area contributed by atoms with Crippen LogP contribution in [-0.2, 0) is 36.8 Å². The number of carboxylic acids is 1. The summed E-state index contributed by atoms with van der Waals surface area (Å²) in [5.74, 6) is -4.53. The Morgan fingerprint density at radius 3 is 2.43 bits per heavy atom. The van der Waals surface area contributed by atoms with Crippen LogP contribution in [0.3, 0.4) is 0 Å². The first-order valence-electron chi connectivity index (χ1n) is 11.3. The highest BCUT2D eigenvalue weighted by Crippen LogP contribution is 2.18. The Labute approximate surface area is 210 Å². The Bertz CT molecular complexity index is 1270. The summed E-state index contributed by atoms with van der Waals surface area (Å²) in [4.78, 5) is 70.0. The molecule has 3 unspecified atom stereocenters. The van der Waals surface area contributed by atoms with Crippen molar-refractivity contribution in [2.24, 2.45) is 11.5 Å². The summed E-state index contributed by atoms with van der Waals surface area (Å²) < 4.78 is 0. The number of carboxylic acid groups (broad SMARTS) is 1. The van der Waals surface area contributed by atoms with E-state index in [0.29, 0.717) is 5.69 Å². The zero-order chi connectivity index (χ0) is 26.9. The summed E-state index contributed by atoms with van der Waals surface area (Å²) in [5.41, 5.74) is 13.3. The number of carbonyl (C=O) groups is 5. The molecule has 10 N–H and O–H groups in total. The molecule has 14 heteroatoms. The van der Waals surface area contributed by atoms with E-state index in [0.717, 1.165) is 16.5 Å². The van der Waals surface area contributed by atoms with Gasteiger partial charge in [-0.3, -0.25) is 19.2 Å². The molecule has 3 rings (SSSR count). The fourth-order valence-electron chi connectivity index (χ4n) is 3.67. The molecule has 14 nitrogen and oxygen atoms in total. The van der Waals surface area contributed by atoms with Crippen molar-refractivity contribution in [2.45, 2.75) is 37.4 Å². The molecule has 3 aromatic rings. The maximum atomic E-state index is 12.7. The van der Waals surface area contributed by atoms with E-state index >= 15 is 0 Å². The van der Waals surface area contributed by atoms with Crippen molar-refractivity contribution in [1.82, 2.24) is 30.9 Å². The van der Waals surface area contributed by atoms with Crippen molar-refractivity contribution >= 4 is 40.5 Å². The van der Waals surface area contributed by atoms with Gasteiger partial charge in [-0.25, -0.2) is 9.78 Å². The number of primary amides is 1. The number of para-hydroxylation sites is 1. The van der Waals surface area contributed by atoms with Crippen LogP contribution in [0.2, 0.25) is 0 Å². The molecule has 0 radical (unpaired) electrons. The number of carbonyl (C=O) groups excluding carboxylic acids is 4. The number of aromatic amines is 2. The Balaban J connectivity index is 1.58. The highest BCUT2D eigenvalue weighted by Gasteiger charge is 2.28. The van der Waals surface area contributed by atoms with Gasteiger partial charge in [-0.15, -0.1) is 0 Å². The van der Waals surface area contributed by atoms with E-state index in [9.17, 15) is 29.1 Å². The van der Waals surface area contributed by atoms with Gasteiger partial charge >= 0.3 is 5.97 Å². The summed E-state index contributed by atoms with van der Waals surface area (Å²) >= 11 is 0. The second kappa shape index (κ2) is 12.3. The minimum Gasteiger partial charge on any atom is -0.480 e. The van der Waals surface area contributed by atoms with Gasteiger partial charge in [-0.05, 0) is 18.1 Å². The minimum atomic E-state index is -1.58. The molecule has 3 atom stereocenters. The number of aliphatic carboxylic acids is 1. The smallest absolute Gasteiger partial charge is 0.326 e. The van der Waals surface area contributed by atoms with Crippen molar-refractivity contribution in [3.63, 3.8) is 0 Å². The van der Waals surface area contributed by atoms with E-state index in [1.165, 1.54) is 12.5 Å². The molecule has 0 bridgehead atoms. The predicted octanol–water partition coefficient (Wildman–Crippen LogP) is -1.95. The first kappa shape index (κ1) is 26.9. The van der Waals surface area contributed by atoms with Crippen molar-refractivity contribution in [1.29, 1.82) is 0 Å². The molecule has 0 fully saturated rings. The quantitative estimate of drug-likeness (QED) is 0.128. The minimum absolute atomic E-state index is 0.0610. The molecule has 4 amide bonds. The Morgan fingerprint density at radius 2 is 1.76 bits per heavy atom. The topological polar surface area (TPSA) is 238 Å². The van der Waals surface area contributed by atoms with E-state index in [4.69, 9.17) is 11.5 Å². The molecule has 2 aromatic heterocycles. The molecule has 0 saturated carbocycles. The Hall–Kier alpha value is -4.72. The average Bonchev–Trinajstić information content (AvgIpc) is 3.51. The lowest BCUT2D eigenvalue weighted by Gasteiger charge is -2.21. The number of imidazole rings is 1. The maximum Gasteiger partial charge on any atom is 0.326 e. The number of fused-ring (bicyclic) bond motifs is 1. The van der Waals surface area contributed by atoms with Gasteiger partial charge in [0.2, 0.25) is 23.6 Å². The van der Waals surface area contributed by atoms with Crippen LogP contribution in [0.4, 0.5) is 0 Å². The molecule has 2 heterocycles. The van der Waals surface area contributed by atoms with E-state index in [2.05, 4.69) is 30.9 Å². The van der Waals surface area contributed by atoms with E-state index in [1.54, 1.807) is 6.20 Å². The highest BCUT2D eigenvalue weighted by molar-refractivity contribution is 5.94. The van der Waals surface area contributed by atoms with Crippen molar-refractivity contribution in [3.8, 4) is 0 Å². The summed E-state index contributed by atoms with van der Waals surface area (Å²) in [6.07, 6.45) is 4.11. The standard InChI is InChI=1S/C23H28N8O6/c24-15(5-12-8-27-16-4-2-1-3-14(12)16)21(34)28-10-20(33)30-17(6-13-9-26-11-29-13)22(35)31-18(23(36)37)7-19(25)32/h1-4,8-9,11,15,17-18,27H,5-7,10,24H2,(H2,25,32)(H,26,29)(H,28,34)(H,30,33)(H,31,35)(H,36,37). The van der Waals surface area contributed by atoms with Crippen LogP contribution < -0.4 is 27.4 Å². The van der Waals surface area contributed by atoms with Gasteiger partial charge in [0, 0.05) is 35.4 Å². The summed E-state index contributed by atoms with van der Waals surface area (Å²) in [5, 5.41) is 17.3. The largest absolute Gasteiger partial charge is 0.480 e.